The van der Waals surface area contributed by atoms with Gasteiger partial charge in [0.05, 0.1) is 0 Å². The van der Waals surface area contributed by atoms with Crippen LogP contribution >= 0.6 is 0 Å². The zero-order chi connectivity index (χ0) is 11.1. The van der Waals surface area contributed by atoms with E-state index in [1.165, 1.54) is 11.1 Å². The molecular weight excluding hydrogens is 200 g/mol. The number of benzene rings is 1. The van der Waals surface area contributed by atoms with Crippen molar-refractivity contribution in [3.63, 3.8) is 0 Å². The van der Waals surface area contributed by atoms with Gasteiger partial charge < -0.3 is 10.2 Å². The van der Waals surface area contributed by atoms with Crippen LogP contribution in [-0.4, -0.2) is 23.9 Å². The van der Waals surface area contributed by atoms with E-state index in [2.05, 4.69) is 11.4 Å². The molecule has 16 heavy (non-hydrogen) atoms. The molecule has 1 aromatic rings. The molecule has 3 heteroatoms. The summed E-state index contributed by atoms with van der Waals surface area (Å²) in [5.41, 5.74) is 3.43. The molecule has 1 amide bonds. The normalized spacial score (nSPS) is 18.3. The maximum Gasteiger partial charge on any atom is 0.253 e. The van der Waals surface area contributed by atoms with Gasteiger partial charge in [-0.15, -0.1) is 0 Å². The van der Waals surface area contributed by atoms with E-state index in [0.717, 1.165) is 31.5 Å². The molecule has 0 radical (unpaired) electrons. The predicted molar refractivity (Wildman–Crippen MR) is 62.1 cm³/mol. The maximum absolute atomic E-state index is 12.1. The number of rotatable bonds is 2. The molecule has 1 aliphatic carbocycles. The highest BCUT2D eigenvalue weighted by atomic mass is 16.2. The first kappa shape index (κ1) is 9.85. The summed E-state index contributed by atoms with van der Waals surface area (Å²) in [7, 11) is 1.91. The topological polar surface area (TPSA) is 32.3 Å². The Morgan fingerprint density at radius 3 is 2.81 bits per heavy atom. The van der Waals surface area contributed by atoms with Crippen molar-refractivity contribution in [1.82, 2.24) is 10.2 Å². The average Bonchev–Trinajstić information content (AvgIpc) is 3.05. The molecule has 3 rings (SSSR count). The van der Waals surface area contributed by atoms with Crippen molar-refractivity contribution in [2.45, 2.75) is 32.0 Å². The summed E-state index contributed by atoms with van der Waals surface area (Å²) in [5.74, 6) is 0.164. The molecule has 1 aliphatic heterocycles. The van der Waals surface area contributed by atoms with E-state index in [4.69, 9.17) is 0 Å². The lowest BCUT2D eigenvalue weighted by Crippen LogP contribution is -2.28. The first-order chi connectivity index (χ1) is 7.75. The molecule has 1 aromatic carbocycles. The van der Waals surface area contributed by atoms with Gasteiger partial charge in [-0.25, -0.2) is 0 Å². The molecule has 0 spiro atoms. The summed E-state index contributed by atoms with van der Waals surface area (Å²) in [6, 6.07) is 6.55. The van der Waals surface area contributed by atoms with Crippen molar-refractivity contribution in [3.8, 4) is 0 Å². The molecule has 1 N–H and O–H groups in total. The number of nitrogens with one attached hydrogen (secondary N) is 1. The van der Waals surface area contributed by atoms with Crippen LogP contribution in [0.15, 0.2) is 18.2 Å². The molecule has 0 bridgehead atoms. The summed E-state index contributed by atoms with van der Waals surface area (Å²) in [6.07, 6.45) is 2.32. The van der Waals surface area contributed by atoms with E-state index in [1.54, 1.807) is 0 Å². The smallest absolute Gasteiger partial charge is 0.253 e. The van der Waals surface area contributed by atoms with Gasteiger partial charge in [0.15, 0.2) is 0 Å². The van der Waals surface area contributed by atoms with Gasteiger partial charge in [-0.3, -0.25) is 4.79 Å². The summed E-state index contributed by atoms with van der Waals surface area (Å²) in [5, 5.41) is 3.29. The molecular formula is C13H16N2O. The number of fused-ring (bicyclic) bond motifs is 1. The van der Waals surface area contributed by atoms with E-state index < -0.39 is 0 Å². The molecule has 0 saturated heterocycles. The third-order valence-electron chi connectivity index (χ3n) is 3.50. The van der Waals surface area contributed by atoms with E-state index in [1.807, 2.05) is 24.1 Å². The third kappa shape index (κ3) is 1.61. The largest absolute Gasteiger partial charge is 0.339 e. The highest BCUT2D eigenvalue weighted by Crippen LogP contribution is 2.27. The quantitative estimate of drug-likeness (QED) is 0.813. The van der Waals surface area contributed by atoms with Crippen molar-refractivity contribution in [2.24, 2.45) is 0 Å². The van der Waals surface area contributed by atoms with Crippen LogP contribution in [0.25, 0.3) is 0 Å². The second kappa shape index (κ2) is 3.59. The van der Waals surface area contributed by atoms with Crippen molar-refractivity contribution in [3.05, 3.63) is 34.9 Å². The Kier molecular flexibility index (Phi) is 2.21. The molecule has 1 heterocycles. The van der Waals surface area contributed by atoms with Gasteiger partial charge in [-0.1, -0.05) is 6.07 Å². The van der Waals surface area contributed by atoms with Gasteiger partial charge in [0.1, 0.15) is 0 Å². The molecule has 0 unspecified atom stereocenters. The zero-order valence-corrected chi connectivity index (χ0v) is 9.49. The molecule has 1 fully saturated rings. The van der Waals surface area contributed by atoms with E-state index in [9.17, 15) is 4.79 Å². The van der Waals surface area contributed by atoms with Crippen molar-refractivity contribution >= 4 is 5.91 Å². The lowest BCUT2D eigenvalue weighted by molar-refractivity contribution is 0.0785. The molecule has 2 aliphatic rings. The first-order valence-electron chi connectivity index (χ1n) is 5.85. The zero-order valence-electron chi connectivity index (χ0n) is 9.49. The minimum Gasteiger partial charge on any atom is -0.339 e. The third-order valence-corrected chi connectivity index (χ3v) is 3.50. The summed E-state index contributed by atoms with van der Waals surface area (Å²) in [4.78, 5) is 14.0. The van der Waals surface area contributed by atoms with Gasteiger partial charge in [-0.05, 0) is 36.1 Å². The molecule has 0 aromatic heterocycles. The molecule has 3 nitrogen and oxygen atoms in total. The summed E-state index contributed by atoms with van der Waals surface area (Å²) in [6.45, 7) is 1.83. The van der Waals surface area contributed by atoms with Crippen LogP contribution in [0.4, 0.5) is 0 Å². The Hall–Kier alpha value is -1.35. The van der Waals surface area contributed by atoms with Crippen LogP contribution in [0.3, 0.4) is 0 Å². The monoisotopic (exact) mass is 216 g/mol. The van der Waals surface area contributed by atoms with Gasteiger partial charge in [-0.2, -0.15) is 0 Å². The Morgan fingerprint density at radius 2 is 2.06 bits per heavy atom. The number of nitrogens with zero attached hydrogens (tertiary/aromatic N) is 1. The van der Waals surface area contributed by atoms with Crippen LogP contribution in [0, 0.1) is 0 Å². The number of carbonyl (C=O) groups excluding carboxylic acids is 1. The fourth-order valence-corrected chi connectivity index (χ4v) is 2.26. The van der Waals surface area contributed by atoms with E-state index in [0.29, 0.717) is 6.04 Å². The van der Waals surface area contributed by atoms with Gasteiger partial charge >= 0.3 is 0 Å². The van der Waals surface area contributed by atoms with E-state index in [-0.39, 0.29) is 5.91 Å². The fourth-order valence-electron chi connectivity index (χ4n) is 2.26. The highest BCUT2D eigenvalue weighted by Gasteiger charge is 2.30. The van der Waals surface area contributed by atoms with Crippen LogP contribution < -0.4 is 5.32 Å². The lowest BCUT2D eigenvalue weighted by atomic mass is 10.1. The van der Waals surface area contributed by atoms with Gasteiger partial charge in [0.2, 0.25) is 0 Å². The summed E-state index contributed by atoms with van der Waals surface area (Å²) < 4.78 is 0. The molecule has 0 atom stereocenters. The number of carbonyl (C=O) groups is 1. The minimum absolute atomic E-state index is 0.164. The standard InChI is InChI=1S/C13H16N2O/c1-15(12-4-5-12)13(16)9-2-3-10-7-14-8-11(10)6-9/h2-3,6,12,14H,4-5,7-8H2,1H3. The number of hydrogen-bond donors (Lipinski definition) is 1. The fraction of sp³-hybridized carbons (Fsp3) is 0.462. The lowest BCUT2D eigenvalue weighted by Gasteiger charge is -2.16. The van der Waals surface area contributed by atoms with Gasteiger partial charge in [0.25, 0.3) is 5.91 Å². The Bertz CT molecular complexity index is 438. The van der Waals surface area contributed by atoms with Gasteiger partial charge in [0, 0.05) is 31.7 Å². The summed E-state index contributed by atoms with van der Waals surface area (Å²) >= 11 is 0. The van der Waals surface area contributed by atoms with Crippen LogP contribution in [0.1, 0.15) is 34.3 Å². The SMILES string of the molecule is CN(C(=O)c1ccc2c(c1)CNC2)C1CC1. The van der Waals surface area contributed by atoms with Crippen LogP contribution in [0.5, 0.6) is 0 Å². The Labute approximate surface area is 95.4 Å². The average molecular weight is 216 g/mol. The maximum atomic E-state index is 12.1. The molecule has 84 valence electrons. The van der Waals surface area contributed by atoms with Crippen molar-refractivity contribution in [2.75, 3.05) is 7.05 Å². The first-order valence-corrected chi connectivity index (χ1v) is 5.85. The van der Waals surface area contributed by atoms with Crippen molar-refractivity contribution < 1.29 is 4.79 Å². The van der Waals surface area contributed by atoms with Crippen LogP contribution in [-0.2, 0) is 13.1 Å². The second-order valence-electron chi connectivity index (χ2n) is 4.73. The molecule has 1 saturated carbocycles. The van der Waals surface area contributed by atoms with Crippen molar-refractivity contribution in [1.29, 1.82) is 0 Å². The highest BCUT2D eigenvalue weighted by molar-refractivity contribution is 5.94. The Morgan fingerprint density at radius 1 is 1.31 bits per heavy atom. The Balaban J connectivity index is 1.85. The number of amides is 1. The predicted octanol–water partition coefficient (Wildman–Crippen LogP) is 1.52. The minimum atomic E-state index is 0.164. The second-order valence-corrected chi connectivity index (χ2v) is 4.73. The van der Waals surface area contributed by atoms with Crippen LogP contribution in [0.2, 0.25) is 0 Å². The number of hydrogen-bond acceptors (Lipinski definition) is 2. The van der Waals surface area contributed by atoms with E-state index >= 15 is 0 Å².